The van der Waals surface area contributed by atoms with E-state index in [0.717, 1.165) is 0 Å². The lowest BCUT2D eigenvalue weighted by Gasteiger charge is -2.07. The number of thiocarbonyl (C=S) groups is 1. The normalized spacial score (nSPS) is 10.2. The number of aromatic nitrogens is 1. The van der Waals surface area contributed by atoms with Crippen molar-refractivity contribution in [3.63, 3.8) is 0 Å². The van der Waals surface area contributed by atoms with Crippen molar-refractivity contribution in [2.75, 3.05) is 5.32 Å². The Morgan fingerprint density at radius 3 is 2.88 bits per heavy atom. The van der Waals surface area contributed by atoms with Crippen molar-refractivity contribution >= 4 is 22.9 Å². The van der Waals surface area contributed by atoms with Gasteiger partial charge in [0.15, 0.2) is 0 Å². The summed E-state index contributed by atoms with van der Waals surface area (Å²) >= 11 is 4.76. The van der Waals surface area contributed by atoms with Gasteiger partial charge < -0.3 is 15.6 Å². The maximum absolute atomic E-state index is 13.6. The van der Waals surface area contributed by atoms with E-state index in [0.29, 0.717) is 23.5 Å². The second kappa shape index (κ2) is 4.92. The maximum Gasteiger partial charge on any atom is 0.146 e. The first-order chi connectivity index (χ1) is 8.16. The fourth-order valence-electron chi connectivity index (χ4n) is 1.33. The summed E-state index contributed by atoms with van der Waals surface area (Å²) in [5, 5.41) is 6.61. The molecule has 0 aliphatic rings. The molecule has 0 saturated carbocycles. The summed E-state index contributed by atoms with van der Waals surface area (Å²) in [7, 11) is 0. The Hall–Kier alpha value is -1.95. The Labute approximate surface area is 103 Å². The van der Waals surface area contributed by atoms with Crippen LogP contribution in [0.2, 0.25) is 0 Å². The molecule has 6 heteroatoms. The SMILES string of the molecule is NC(=S)c1ccc(NCc2ccon2)c(F)c1. The molecule has 0 radical (unpaired) electrons. The standard InChI is InChI=1S/C11H10FN3OS/c12-9-5-7(11(13)17)1-2-10(9)14-6-8-3-4-16-15-8/h1-5,14H,6H2,(H2,13,17). The van der Waals surface area contributed by atoms with Gasteiger partial charge in [0.05, 0.1) is 12.2 Å². The third-order valence-corrected chi connectivity index (χ3v) is 2.44. The van der Waals surface area contributed by atoms with E-state index in [2.05, 4.69) is 15.0 Å². The van der Waals surface area contributed by atoms with Crippen molar-refractivity contribution < 1.29 is 8.91 Å². The number of halogens is 1. The van der Waals surface area contributed by atoms with Crippen LogP contribution in [0, 0.1) is 5.82 Å². The van der Waals surface area contributed by atoms with E-state index in [-0.39, 0.29) is 4.99 Å². The molecule has 1 aromatic heterocycles. The summed E-state index contributed by atoms with van der Waals surface area (Å²) in [4.78, 5) is 0.173. The van der Waals surface area contributed by atoms with E-state index >= 15 is 0 Å². The average Bonchev–Trinajstić information content (AvgIpc) is 2.80. The van der Waals surface area contributed by atoms with Crippen LogP contribution in [0.5, 0.6) is 0 Å². The molecule has 0 aliphatic carbocycles. The monoisotopic (exact) mass is 251 g/mol. The van der Waals surface area contributed by atoms with Crippen LogP contribution < -0.4 is 11.1 Å². The molecule has 4 nitrogen and oxygen atoms in total. The minimum Gasteiger partial charge on any atom is -0.389 e. The van der Waals surface area contributed by atoms with Gasteiger partial charge in [-0.05, 0) is 18.2 Å². The molecule has 2 rings (SSSR count). The first kappa shape index (κ1) is 11.5. The van der Waals surface area contributed by atoms with Gasteiger partial charge in [0.25, 0.3) is 0 Å². The number of nitrogens with one attached hydrogen (secondary N) is 1. The van der Waals surface area contributed by atoms with E-state index in [1.807, 2.05) is 0 Å². The van der Waals surface area contributed by atoms with Crippen LogP contribution in [0.1, 0.15) is 11.3 Å². The molecule has 0 fully saturated rings. The third-order valence-electron chi connectivity index (χ3n) is 2.20. The lowest BCUT2D eigenvalue weighted by molar-refractivity contribution is 0.412. The molecule has 3 N–H and O–H groups in total. The van der Waals surface area contributed by atoms with Gasteiger partial charge in [-0.2, -0.15) is 0 Å². The van der Waals surface area contributed by atoms with Crippen LogP contribution in [0.3, 0.4) is 0 Å². The quantitative estimate of drug-likeness (QED) is 0.814. The van der Waals surface area contributed by atoms with Crippen molar-refractivity contribution in [1.82, 2.24) is 5.16 Å². The topological polar surface area (TPSA) is 64.1 Å². The van der Waals surface area contributed by atoms with Crippen molar-refractivity contribution in [1.29, 1.82) is 0 Å². The van der Waals surface area contributed by atoms with Gasteiger partial charge in [-0.3, -0.25) is 0 Å². The predicted octanol–water partition coefficient (Wildman–Crippen LogP) is 2.06. The van der Waals surface area contributed by atoms with E-state index in [1.165, 1.54) is 12.3 Å². The van der Waals surface area contributed by atoms with Gasteiger partial charge in [-0.25, -0.2) is 4.39 Å². The highest BCUT2D eigenvalue weighted by molar-refractivity contribution is 7.80. The highest BCUT2D eigenvalue weighted by atomic mass is 32.1. The summed E-state index contributed by atoms with van der Waals surface area (Å²) in [6.07, 6.45) is 1.46. The van der Waals surface area contributed by atoms with Crippen LogP contribution >= 0.6 is 12.2 Å². The van der Waals surface area contributed by atoms with E-state index in [9.17, 15) is 4.39 Å². The highest BCUT2D eigenvalue weighted by Crippen LogP contribution is 2.16. The van der Waals surface area contributed by atoms with Gasteiger partial charge in [-0.1, -0.05) is 17.4 Å². The zero-order valence-electron chi connectivity index (χ0n) is 8.81. The zero-order valence-corrected chi connectivity index (χ0v) is 9.63. The Balaban J connectivity index is 2.09. The largest absolute Gasteiger partial charge is 0.389 e. The Kier molecular flexibility index (Phi) is 3.34. The number of anilines is 1. The van der Waals surface area contributed by atoms with Gasteiger partial charge in [0.2, 0.25) is 0 Å². The summed E-state index contributed by atoms with van der Waals surface area (Å²) < 4.78 is 18.3. The van der Waals surface area contributed by atoms with Crippen molar-refractivity contribution in [3.05, 3.63) is 47.6 Å². The fraction of sp³-hybridized carbons (Fsp3) is 0.0909. The molecule has 0 amide bonds. The van der Waals surface area contributed by atoms with Gasteiger partial charge in [0.1, 0.15) is 22.8 Å². The van der Waals surface area contributed by atoms with Crippen LogP contribution in [-0.2, 0) is 6.54 Å². The van der Waals surface area contributed by atoms with Crippen LogP contribution in [0.15, 0.2) is 35.1 Å². The number of nitrogens with zero attached hydrogens (tertiary/aromatic N) is 1. The zero-order chi connectivity index (χ0) is 12.3. The summed E-state index contributed by atoms with van der Waals surface area (Å²) in [5.74, 6) is -0.404. The smallest absolute Gasteiger partial charge is 0.146 e. The second-order valence-electron chi connectivity index (χ2n) is 3.40. The van der Waals surface area contributed by atoms with Gasteiger partial charge in [-0.15, -0.1) is 0 Å². The van der Waals surface area contributed by atoms with Crippen molar-refractivity contribution in [2.24, 2.45) is 5.73 Å². The second-order valence-corrected chi connectivity index (χ2v) is 3.84. The number of rotatable bonds is 4. The average molecular weight is 251 g/mol. The lowest BCUT2D eigenvalue weighted by atomic mass is 10.2. The third kappa shape index (κ3) is 2.79. The summed E-state index contributed by atoms with van der Waals surface area (Å²) in [6.45, 7) is 0.389. The van der Waals surface area contributed by atoms with Crippen molar-refractivity contribution in [3.8, 4) is 0 Å². The number of benzene rings is 1. The lowest BCUT2D eigenvalue weighted by Crippen LogP contribution is -2.10. The molecule has 1 aromatic carbocycles. The van der Waals surface area contributed by atoms with Crippen LogP contribution in [0.4, 0.5) is 10.1 Å². The fourth-order valence-corrected chi connectivity index (χ4v) is 1.45. The van der Waals surface area contributed by atoms with Crippen LogP contribution in [0.25, 0.3) is 0 Å². The molecular weight excluding hydrogens is 241 g/mol. The molecule has 0 saturated heterocycles. The first-order valence-corrected chi connectivity index (χ1v) is 5.30. The summed E-state index contributed by atoms with van der Waals surface area (Å²) in [6, 6.07) is 6.25. The number of hydrogen-bond acceptors (Lipinski definition) is 4. The van der Waals surface area contributed by atoms with Gasteiger partial charge in [0, 0.05) is 11.6 Å². The first-order valence-electron chi connectivity index (χ1n) is 4.89. The van der Waals surface area contributed by atoms with E-state index in [1.54, 1.807) is 18.2 Å². The molecule has 0 aliphatic heterocycles. The molecular formula is C11H10FN3OS. The summed E-state index contributed by atoms with van der Waals surface area (Å²) in [5.41, 5.74) is 6.98. The molecule has 88 valence electrons. The van der Waals surface area contributed by atoms with E-state index in [4.69, 9.17) is 18.0 Å². The maximum atomic E-state index is 13.6. The predicted molar refractivity (Wildman–Crippen MR) is 66.1 cm³/mol. The highest BCUT2D eigenvalue weighted by Gasteiger charge is 2.05. The van der Waals surface area contributed by atoms with Gasteiger partial charge >= 0.3 is 0 Å². The molecule has 0 spiro atoms. The molecule has 0 atom stereocenters. The number of hydrogen-bond donors (Lipinski definition) is 2. The van der Waals surface area contributed by atoms with Crippen molar-refractivity contribution in [2.45, 2.75) is 6.54 Å². The van der Waals surface area contributed by atoms with E-state index < -0.39 is 5.82 Å². The molecule has 0 unspecified atom stereocenters. The Morgan fingerprint density at radius 1 is 1.47 bits per heavy atom. The minimum atomic E-state index is -0.404. The molecule has 1 heterocycles. The minimum absolute atomic E-state index is 0.173. The molecule has 17 heavy (non-hydrogen) atoms. The number of nitrogens with two attached hydrogens (primary N) is 1. The Bertz CT molecular complexity index is 528. The molecule has 2 aromatic rings. The molecule has 0 bridgehead atoms. The van der Waals surface area contributed by atoms with Crippen LogP contribution in [-0.4, -0.2) is 10.1 Å². The Morgan fingerprint density at radius 2 is 2.29 bits per heavy atom.